The zero-order valence-corrected chi connectivity index (χ0v) is 27.1. The Kier molecular flexibility index (Phi) is 10.2. The Hall–Kier alpha value is -3.85. The summed E-state index contributed by atoms with van der Waals surface area (Å²) in [5, 5.41) is 3.04. The van der Waals surface area contributed by atoms with Gasteiger partial charge >= 0.3 is 6.18 Å². The molecule has 6 nitrogen and oxygen atoms in total. The van der Waals surface area contributed by atoms with E-state index in [0.717, 1.165) is 96.4 Å². The van der Waals surface area contributed by atoms with E-state index >= 15 is 0 Å². The molecular weight excluding hydrogens is 601 g/mol. The molecule has 0 aromatic heterocycles. The predicted octanol–water partition coefficient (Wildman–Crippen LogP) is 7.78. The van der Waals surface area contributed by atoms with Gasteiger partial charge in [-0.3, -0.25) is 14.5 Å². The second kappa shape index (κ2) is 14.5. The van der Waals surface area contributed by atoms with E-state index in [1.807, 2.05) is 37.3 Å². The SMILES string of the molecule is CCCCN(CC(F)(F)F)C(=O)C1c2ccccc2-c2ccc(C3CCCCN3Cc3ccccc3)c(N3CCCCC3NC=O)c21. The van der Waals surface area contributed by atoms with Gasteiger partial charge in [-0.25, -0.2) is 0 Å². The molecule has 3 unspecified atom stereocenters. The molecule has 2 aliphatic heterocycles. The van der Waals surface area contributed by atoms with Crippen molar-refractivity contribution in [1.29, 1.82) is 0 Å². The van der Waals surface area contributed by atoms with Gasteiger partial charge in [-0.05, 0) is 72.9 Å². The fraction of sp³-hybridized carbons (Fsp3) is 0.474. The molecule has 47 heavy (non-hydrogen) atoms. The normalized spacial score (nSPS) is 21.2. The summed E-state index contributed by atoms with van der Waals surface area (Å²) >= 11 is 0. The van der Waals surface area contributed by atoms with Crippen molar-refractivity contribution < 1.29 is 22.8 Å². The number of benzene rings is 3. The van der Waals surface area contributed by atoms with Crippen LogP contribution in [0.3, 0.4) is 0 Å². The molecule has 0 radical (unpaired) electrons. The largest absolute Gasteiger partial charge is 0.406 e. The van der Waals surface area contributed by atoms with Crippen LogP contribution in [0.1, 0.15) is 92.5 Å². The third-order valence-corrected chi connectivity index (χ3v) is 10.1. The topological polar surface area (TPSA) is 55.9 Å². The van der Waals surface area contributed by atoms with Crippen molar-refractivity contribution >= 4 is 18.0 Å². The van der Waals surface area contributed by atoms with Crippen LogP contribution in [0.2, 0.25) is 0 Å². The third kappa shape index (κ3) is 7.05. The molecule has 2 heterocycles. The summed E-state index contributed by atoms with van der Waals surface area (Å²) < 4.78 is 41.9. The van der Waals surface area contributed by atoms with Gasteiger partial charge in [0.1, 0.15) is 12.7 Å². The summed E-state index contributed by atoms with van der Waals surface area (Å²) in [7, 11) is 0. The monoisotopic (exact) mass is 646 g/mol. The Bertz CT molecular complexity index is 1550. The van der Waals surface area contributed by atoms with Crippen LogP contribution in [0.25, 0.3) is 11.1 Å². The van der Waals surface area contributed by atoms with Crippen molar-refractivity contribution in [3.63, 3.8) is 0 Å². The highest BCUT2D eigenvalue weighted by atomic mass is 19.4. The molecule has 9 heteroatoms. The van der Waals surface area contributed by atoms with Gasteiger partial charge in [0.25, 0.3) is 0 Å². The van der Waals surface area contributed by atoms with Gasteiger partial charge in [0.05, 0.1) is 5.92 Å². The highest BCUT2D eigenvalue weighted by Crippen LogP contribution is 2.53. The van der Waals surface area contributed by atoms with Crippen LogP contribution in [0.15, 0.2) is 66.7 Å². The molecule has 6 rings (SSSR count). The highest BCUT2D eigenvalue weighted by Gasteiger charge is 2.44. The van der Waals surface area contributed by atoms with Crippen LogP contribution in [0.5, 0.6) is 0 Å². The van der Waals surface area contributed by atoms with Crippen molar-refractivity contribution in [1.82, 2.24) is 15.1 Å². The Morgan fingerprint density at radius 1 is 0.915 bits per heavy atom. The van der Waals surface area contributed by atoms with E-state index in [0.29, 0.717) is 19.4 Å². The number of amides is 2. The number of halogens is 3. The standard InChI is InChI=1S/C38H45F3N4O2/c1-2-3-21-44(25-38(39,40)41)37(47)35-29-16-8-7-15-28(29)30-19-20-31(36(34(30)35)45-23-12-10-18-33(45)42-26-46)32-17-9-11-22-43(32)24-27-13-5-4-6-14-27/h4-8,13-16,19-20,26,32-33,35H,2-3,9-12,17-18,21-25H2,1H3,(H,42,46). The number of hydrogen-bond donors (Lipinski definition) is 1. The molecule has 250 valence electrons. The number of nitrogens with one attached hydrogen (secondary N) is 1. The molecule has 2 saturated heterocycles. The molecule has 3 aliphatic rings. The fourth-order valence-electron chi connectivity index (χ4n) is 7.96. The summed E-state index contributed by atoms with van der Waals surface area (Å²) in [5.41, 5.74) is 6.51. The smallest absolute Gasteiger partial charge is 0.351 e. The Morgan fingerprint density at radius 2 is 1.66 bits per heavy atom. The third-order valence-electron chi connectivity index (χ3n) is 10.1. The number of unbranched alkanes of at least 4 members (excludes halogenated alkanes) is 1. The first-order chi connectivity index (χ1) is 22.8. The molecule has 2 fully saturated rings. The first-order valence-corrected chi connectivity index (χ1v) is 17.2. The quantitative estimate of drug-likeness (QED) is 0.216. The summed E-state index contributed by atoms with van der Waals surface area (Å²) in [5.74, 6) is -1.39. The van der Waals surface area contributed by atoms with Gasteiger partial charge in [0.2, 0.25) is 12.3 Å². The number of carbonyl (C=O) groups excluding carboxylic acids is 2. The van der Waals surface area contributed by atoms with Crippen molar-refractivity contribution in [2.45, 2.75) is 89.1 Å². The minimum atomic E-state index is -4.51. The maximum atomic E-state index is 14.6. The maximum absolute atomic E-state index is 14.6. The van der Waals surface area contributed by atoms with Gasteiger partial charge in [-0.15, -0.1) is 0 Å². The molecule has 0 saturated carbocycles. The highest BCUT2D eigenvalue weighted by molar-refractivity contribution is 5.99. The number of anilines is 1. The molecule has 3 atom stereocenters. The lowest BCUT2D eigenvalue weighted by Gasteiger charge is -2.43. The van der Waals surface area contributed by atoms with E-state index in [1.165, 1.54) is 5.56 Å². The molecule has 3 aromatic carbocycles. The molecule has 1 N–H and O–H groups in total. The van der Waals surface area contributed by atoms with Gasteiger partial charge in [0, 0.05) is 36.9 Å². The van der Waals surface area contributed by atoms with Crippen LogP contribution < -0.4 is 10.2 Å². The van der Waals surface area contributed by atoms with Gasteiger partial charge in [-0.2, -0.15) is 13.2 Å². The molecule has 0 bridgehead atoms. The summed E-state index contributed by atoms with van der Waals surface area (Å²) in [6.07, 6.45) is 2.81. The number of rotatable bonds is 11. The number of carbonyl (C=O) groups is 2. The second-order valence-electron chi connectivity index (χ2n) is 13.2. The first kappa shape index (κ1) is 33.1. The minimum absolute atomic E-state index is 0.0460. The average molecular weight is 647 g/mol. The summed E-state index contributed by atoms with van der Waals surface area (Å²) in [6.45, 7) is 3.07. The van der Waals surface area contributed by atoms with Crippen LogP contribution in [-0.2, 0) is 16.1 Å². The lowest BCUT2D eigenvalue weighted by Crippen LogP contribution is -2.50. The zero-order chi connectivity index (χ0) is 33.0. The number of alkyl halides is 3. The first-order valence-electron chi connectivity index (χ1n) is 17.2. The number of fused-ring (bicyclic) bond motifs is 3. The number of hydrogen-bond acceptors (Lipinski definition) is 4. The number of piperidine rings is 2. The maximum Gasteiger partial charge on any atom is 0.406 e. The number of likely N-dealkylation sites (tertiary alicyclic amines) is 1. The lowest BCUT2D eigenvalue weighted by atomic mass is 9.85. The van der Waals surface area contributed by atoms with E-state index < -0.39 is 24.5 Å². The van der Waals surface area contributed by atoms with Crippen LogP contribution in [-0.4, -0.2) is 60.6 Å². The lowest BCUT2D eigenvalue weighted by molar-refractivity contribution is -0.161. The Balaban J connectivity index is 1.54. The van der Waals surface area contributed by atoms with Crippen molar-refractivity contribution in [2.24, 2.45) is 0 Å². The zero-order valence-electron chi connectivity index (χ0n) is 27.1. The Morgan fingerprint density at radius 3 is 2.43 bits per heavy atom. The average Bonchev–Trinajstić information content (AvgIpc) is 3.41. The molecule has 0 spiro atoms. The van der Waals surface area contributed by atoms with E-state index in [1.54, 1.807) is 0 Å². The minimum Gasteiger partial charge on any atom is -0.351 e. The van der Waals surface area contributed by atoms with E-state index in [-0.39, 0.29) is 18.8 Å². The second-order valence-corrected chi connectivity index (χ2v) is 13.2. The van der Waals surface area contributed by atoms with E-state index in [9.17, 15) is 22.8 Å². The summed E-state index contributed by atoms with van der Waals surface area (Å²) in [6, 6.07) is 22.4. The Labute approximate surface area is 275 Å². The molecule has 2 amide bonds. The van der Waals surface area contributed by atoms with Crippen LogP contribution in [0, 0.1) is 0 Å². The molecule has 1 aliphatic carbocycles. The van der Waals surface area contributed by atoms with Crippen LogP contribution in [0.4, 0.5) is 18.9 Å². The van der Waals surface area contributed by atoms with Gasteiger partial charge < -0.3 is 15.1 Å². The molecular formula is C38H45F3N4O2. The number of nitrogens with zero attached hydrogens (tertiary/aromatic N) is 3. The molecule has 3 aromatic rings. The summed E-state index contributed by atoms with van der Waals surface area (Å²) in [4.78, 5) is 32.3. The van der Waals surface area contributed by atoms with Gasteiger partial charge in [-0.1, -0.05) is 86.5 Å². The van der Waals surface area contributed by atoms with Gasteiger partial charge in [0.15, 0.2) is 0 Å². The van der Waals surface area contributed by atoms with Crippen LogP contribution >= 0.6 is 0 Å². The predicted molar refractivity (Wildman–Crippen MR) is 179 cm³/mol. The fourth-order valence-corrected chi connectivity index (χ4v) is 7.96. The van der Waals surface area contributed by atoms with Crippen molar-refractivity contribution in [3.8, 4) is 11.1 Å². The van der Waals surface area contributed by atoms with Crippen molar-refractivity contribution in [3.05, 3.63) is 89.0 Å². The van der Waals surface area contributed by atoms with Crippen molar-refractivity contribution in [2.75, 3.05) is 31.1 Å². The van der Waals surface area contributed by atoms with E-state index in [4.69, 9.17) is 0 Å². The van der Waals surface area contributed by atoms with E-state index in [2.05, 4.69) is 51.5 Å².